The number of hydrogen-bond acceptors (Lipinski definition) is 4. The lowest BCUT2D eigenvalue weighted by molar-refractivity contribution is 0.0723. The van der Waals surface area contributed by atoms with Crippen LogP contribution in [0.15, 0.2) is 41.1 Å². The van der Waals surface area contributed by atoms with Gasteiger partial charge in [-0.1, -0.05) is 5.16 Å². The second-order valence-electron chi connectivity index (χ2n) is 5.42. The van der Waals surface area contributed by atoms with Crippen molar-refractivity contribution < 1.29 is 13.7 Å². The second-order valence-corrected chi connectivity index (χ2v) is 5.42. The molecule has 4 rings (SSSR count). The molecule has 7 heteroatoms. The van der Waals surface area contributed by atoms with Gasteiger partial charge >= 0.3 is 0 Å². The third kappa shape index (κ3) is 2.50. The third-order valence-electron chi connectivity index (χ3n) is 3.94. The monoisotopic (exact) mass is 312 g/mol. The van der Waals surface area contributed by atoms with Crippen LogP contribution in [0, 0.1) is 5.82 Å². The van der Waals surface area contributed by atoms with E-state index in [0.717, 1.165) is 16.9 Å². The highest BCUT2D eigenvalue weighted by atomic mass is 19.1. The Morgan fingerprint density at radius 2 is 2.13 bits per heavy atom. The zero-order valence-corrected chi connectivity index (χ0v) is 12.1. The number of carbonyl (C=O) groups excluding carboxylic acids is 1. The van der Waals surface area contributed by atoms with Gasteiger partial charge in [0.25, 0.3) is 5.91 Å². The van der Waals surface area contributed by atoms with Crippen LogP contribution in [0.1, 0.15) is 21.8 Å². The minimum absolute atomic E-state index is 0.127. The lowest BCUT2D eigenvalue weighted by Crippen LogP contribution is -2.35. The molecule has 0 bridgehead atoms. The van der Waals surface area contributed by atoms with Gasteiger partial charge in [0.05, 0.1) is 18.4 Å². The smallest absolute Gasteiger partial charge is 0.272 e. The van der Waals surface area contributed by atoms with Gasteiger partial charge in [-0.05, 0) is 30.3 Å². The zero-order valence-electron chi connectivity index (χ0n) is 12.1. The number of benzene rings is 1. The van der Waals surface area contributed by atoms with Crippen LogP contribution in [0.5, 0.6) is 0 Å². The van der Waals surface area contributed by atoms with Crippen LogP contribution in [0.3, 0.4) is 0 Å². The Morgan fingerprint density at radius 3 is 2.96 bits per heavy atom. The highest BCUT2D eigenvalue weighted by Gasteiger charge is 2.25. The highest BCUT2D eigenvalue weighted by Crippen LogP contribution is 2.22. The largest absolute Gasteiger partial charge is 0.361 e. The van der Waals surface area contributed by atoms with Crippen LogP contribution in [0.2, 0.25) is 0 Å². The van der Waals surface area contributed by atoms with Crippen molar-refractivity contribution in [2.75, 3.05) is 6.54 Å². The summed E-state index contributed by atoms with van der Waals surface area (Å²) < 4.78 is 18.1. The van der Waals surface area contributed by atoms with Crippen molar-refractivity contribution in [1.29, 1.82) is 0 Å². The molecule has 0 fully saturated rings. The molecule has 116 valence electrons. The molecule has 0 saturated heterocycles. The number of nitrogens with one attached hydrogen (secondary N) is 1. The van der Waals surface area contributed by atoms with E-state index in [2.05, 4.69) is 15.4 Å². The summed E-state index contributed by atoms with van der Waals surface area (Å²) in [6, 6.07) is 7.67. The molecule has 1 amide bonds. The Kier molecular flexibility index (Phi) is 3.18. The topological polar surface area (TPSA) is 75.0 Å². The van der Waals surface area contributed by atoms with E-state index in [1.54, 1.807) is 29.3 Å². The average Bonchev–Trinajstić information content (AvgIpc) is 3.23. The van der Waals surface area contributed by atoms with Crippen LogP contribution in [0.25, 0.3) is 11.3 Å². The van der Waals surface area contributed by atoms with Gasteiger partial charge in [-0.3, -0.25) is 9.89 Å². The van der Waals surface area contributed by atoms with Gasteiger partial charge in [-0.2, -0.15) is 5.10 Å². The van der Waals surface area contributed by atoms with E-state index in [1.165, 1.54) is 12.1 Å². The lowest BCUT2D eigenvalue weighted by Gasteiger charge is -2.24. The quantitative estimate of drug-likeness (QED) is 0.788. The Balaban J connectivity index is 1.55. The first-order chi connectivity index (χ1) is 11.2. The Labute approximate surface area is 130 Å². The van der Waals surface area contributed by atoms with Crippen LogP contribution in [-0.2, 0) is 13.0 Å². The predicted octanol–water partition coefficient (Wildman–Crippen LogP) is 2.40. The van der Waals surface area contributed by atoms with Crippen molar-refractivity contribution in [1.82, 2.24) is 20.3 Å². The number of halogens is 1. The first kappa shape index (κ1) is 13.7. The lowest BCUT2D eigenvalue weighted by atomic mass is 10.1. The first-order valence-electron chi connectivity index (χ1n) is 7.24. The summed E-state index contributed by atoms with van der Waals surface area (Å²) in [6.45, 7) is 1.05. The van der Waals surface area contributed by atoms with Crippen molar-refractivity contribution in [3.8, 4) is 11.3 Å². The number of amides is 1. The number of carbonyl (C=O) groups is 1. The standard InChI is InChI=1S/C16H13FN4O2/c17-12-3-1-10(2-4-12)13-7-14(20-19-13)16(22)21-6-5-15-11(9-21)8-18-23-15/h1-4,7-8H,5-6,9H2,(H,19,20). The van der Waals surface area contributed by atoms with Crippen molar-refractivity contribution >= 4 is 5.91 Å². The Morgan fingerprint density at radius 1 is 1.30 bits per heavy atom. The van der Waals surface area contributed by atoms with E-state index in [0.29, 0.717) is 30.9 Å². The maximum Gasteiger partial charge on any atom is 0.272 e. The second kappa shape index (κ2) is 5.35. The van der Waals surface area contributed by atoms with Crippen LogP contribution in [0.4, 0.5) is 4.39 Å². The molecule has 0 aliphatic carbocycles. The number of aromatic amines is 1. The van der Waals surface area contributed by atoms with Gasteiger partial charge in [-0.15, -0.1) is 0 Å². The van der Waals surface area contributed by atoms with Crippen molar-refractivity contribution in [2.45, 2.75) is 13.0 Å². The van der Waals surface area contributed by atoms with E-state index < -0.39 is 0 Å². The summed E-state index contributed by atoms with van der Waals surface area (Å²) in [7, 11) is 0. The number of aromatic nitrogens is 3. The fourth-order valence-corrected chi connectivity index (χ4v) is 2.68. The molecule has 23 heavy (non-hydrogen) atoms. The number of rotatable bonds is 2. The Bertz CT molecular complexity index is 853. The number of H-pyrrole nitrogens is 1. The molecule has 0 spiro atoms. The fourth-order valence-electron chi connectivity index (χ4n) is 2.68. The molecule has 6 nitrogen and oxygen atoms in total. The fraction of sp³-hybridized carbons (Fsp3) is 0.188. The van der Waals surface area contributed by atoms with Gasteiger partial charge in [-0.25, -0.2) is 4.39 Å². The number of fused-ring (bicyclic) bond motifs is 1. The van der Waals surface area contributed by atoms with Crippen molar-refractivity contribution in [2.24, 2.45) is 0 Å². The van der Waals surface area contributed by atoms with Crippen LogP contribution in [-0.4, -0.2) is 32.7 Å². The molecule has 0 atom stereocenters. The normalized spacial score (nSPS) is 13.9. The van der Waals surface area contributed by atoms with E-state index in [1.807, 2.05) is 0 Å². The van der Waals surface area contributed by atoms with E-state index in [-0.39, 0.29) is 11.7 Å². The molecule has 0 saturated carbocycles. The first-order valence-corrected chi connectivity index (χ1v) is 7.24. The number of hydrogen-bond donors (Lipinski definition) is 1. The molecule has 3 heterocycles. The molecular formula is C16H13FN4O2. The minimum Gasteiger partial charge on any atom is -0.361 e. The summed E-state index contributed by atoms with van der Waals surface area (Å²) in [5, 5.41) is 10.7. The maximum absolute atomic E-state index is 13.0. The summed E-state index contributed by atoms with van der Waals surface area (Å²) >= 11 is 0. The molecular weight excluding hydrogens is 299 g/mol. The molecule has 1 aliphatic heterocycles. The molecule has 2 aromatic heterocycles. The van der Waals surface area contributed by atoms with Crippen molar-refractivity contribution in [3.63, 3.8) is 0 Å². The van der Waals surface area contributed by atoms with E-state index in [4.69, 9.17) is 4.52 Å². The predicted molar refractivity (Wildman–Crippen MR) is 78.9 cm³/mol. The molecule has 1 aliphatic rings. The minimum atomic E-state index is -0.307. The summed E-state index contributed by atoms with van der Waals surface area (Å²) in [5.41, 5.74) is 2.70. The van der Waals surface area contributed by atoms with Gasteiger partial charge in [0.1, 0.15) is 17.3 Å². The van der Waals surface area contributed by atoms with E-state index >= 15 is 0 Å². The molecule has 3 aromatic rings. The van der Waals surface area contributed by atoms with Gasteiger partial charge in [0, 0.05) is 24.1 Å². The van der Waals surface area contributed by atoms with Gasteiger partial charge in [0.15, 0.2) is 0 Å². The highest BCUT2D eigenvalue weighted by molar-refractivity contribution is 5.93. The van der Waals surface area contributed by atoms with Crippen LogP contribution >= 0.6 is 0 Å². The van der Waals surface area contributed by atoms with E-state index in [9.17, 15) is 9.18 Å². The Hall–Kier alpha value is -2.96. The van der Waals surface area contributed by atoms with Gasteiger partial charge in [0.2, 0.25) is 0 Å². The molecule has 1 N–H and O–H groups in total. The average molecular weight is 312 g/mol. The maximum atomic E-state index is 13.0. The van der Waals surface area contributed by atoms with Crippen LogP contribution < -0.4 is 0 Å². The zero-order chi connectivity index (χ0) is 15.8. The van der Waals surface area contributed by atoms with Gasteiger partial charge < -0.3 is 9.42 Å². The summed E-state index contributed by atoms with van der Waals surface area (Å²) in [5.74, 6) is 0.404. The van der Waals surface area contributed by atoms with Crippen molar-refractivity contribution in [3.05, 3.63) is 59.4 Å². The third-order valence-corrected chi connectivity index (χ3v) is 3.94. The number of nitrogens with zero attached hydrogens (tertiary/aromatic N) is 3. The molecule has 0 unspecified atom stereocenters. The molecule has 0 radical (unpaired) electrons. The SMILES string of the molecule is O=C(c1cc(-c2ccc(F)cc2)n[nH]1)N1CCc2oncc2C1. The molecule has 1 aromatic carbocycles. The summed E-state index contributed by atoms with van der Waals surface area (Å²) in [6.07, 6.45) is 2.30. The summed E-state index contributed by atoms with van der Waals surface area (Å²) in [4.78, 5) is 14.3.